The summed E-state index contributed by atoms with van der Waals surface area (Å²) in [6, 6.07) is 20.3. The molecule has 1 nitrogen and oxygen atoms in total. The number of hydrogen-bond acceptors (Lipinski definition) is 1. The van der Waals surface area contributed by atoms with Crippen LogP contribution in [-0.2, 0) is 4.79 Å². The van der Waals surface area contributed by atoms with Crippen LogP contribution in [0.15, 0.2) is 71.8 Å². The third-order valence-electron chi connectivity index (χ3n) is 4.26. The lowest BCUT2D eigenvalue weighted by Crippen LogP contribution is -2.09. The molecule has 0 bridgehead atoms. The van der Waals surface area contributed by atoms with Crippen molar-refractivity contribution < 1.29 is 4.79 Å². The first-order valence-electron chi connectivity index (χ1n) is 8.39. The Labute approximate surface area is 138 Å². The fraction of sp³-hybridized carbons (Fsp3) is 0.227. The van der Waals surface area contributed by atoms with Crippen molar-refractivity contribution in [3.05, 3.63) is 82.9 Å². The third kappa shape index (κ3) is 4.29. The molecule has 1 heteroatoms. The fourth-order valence-corrected chi connectivity index (χ4v) is 3.02. The Kier molecular flexibility index (Phi) is 5.21. The number of benzene rings is 2. The van der Waals surface area contributed by atoms with Crippen molar-refractivity contribution in [2.24, 2.45) is 0 Å². The molecule has 3 rings (SSSR count). The molecule has 0 amide bonds. The Morgan fingerprint density at radius 1 is 0.609 bits per heavy atom. The van der Waals surface area contributed by atoms with E-state index in [1.165, 1.54) is 6.42 Å². The zero-order valence-corrected chi connectivity index (χ0v) is 13.4. The van der Waals surface area contributed by atoms with Crippen molar-refractivity contribution in [3.63, 3.8) is 0 Å². The first kappa shape index (κ1) is 15.5. The van der Waals surface area contributed by atoms with Crippen LogP contribution < -0.4 is 0 Å². The Hall–Kier alpha value is -2.41. The fourth-order valence-electron chi connectivity index (χ4n) is 3.02. The van der Waals surface area contributed by atoms with Gasteiger partial charge in [0.25, 0.3) is 0 Å². The van der Waals surface area contributed by atoms with Crippen LogP contribution in [0.4, 0.5) is 0 Å². The summed E-state index contributed by atoms with van der Waals surface area (Å²) in [5, 5.41) is 0. The van der Waals surface area contributed by atoms with Gasteiger partial charge in [-0.3, -0.25) is 4.79 Å². The van der Waals surface area contributed by atoms with E-state index in [4.69, 9.17) is 0 Å². The van der Waals surface area contributed by atoms with Gasteiger partial charge in [0.05, 0.1) is 0 Å². The van der Waals surface area contributed by atoms with Crippen LogP contribution >= 0.6 is 0 Å². The van der Waals surface area contributed by atoms with E-state index in [0.29, 0.717) is 0 Å². The quantitative estimate of drug-likeness (QED) is 0.652. The van der Waals surface area contributed by atoms with Gasteiger partial charge in [-0.05, 0) is 49.0 Å². The first-order chi connectivity index (χ1) is 11.3. The Morgan fingerprint density at radius 3 is 1.48 bits per heavy atom. The van der Waals surface area contributed by atoms with Crippen LogP contribution in [-0.4, -0.2) is 5.78 Å². The van der Waals surface area contributed by atoms with Crippen molar-refractivity contribution in [2.45, 2.75) is 32.1 Å². The lowest BCUT2D eigenvalue weighted by Gasteiger charge is -2.15. The van der Waals surface area contributed by atoms with Crippen molar-refractivity contribution in [1.82, 2.24) is 0 Å². The van der Waals surface area contributed by atoms with Crippen LogP contribution in [0.1, 0.15) is 43.2 Å². The second-order valence-corrected chi connectivity index (χ2v) is 6.05. The number of Topliss-reactive ketones (excluding diaryl/α,β-unsaturated/α-hetero) is 1. The predicted octanol–water partition coefficient (Wildman–Crippen LogP) is 5.69. The van der Waals surface area contributed by atoms with E-state index in [1.54, 1.807) is 0 Å². The van der Waals surface area contributed by atoms with Crippen LogP contribution in [0.3, 0.4) is 0 Å². The molecule has 0 unspecified atom stereocenters. The molecule has 0 aromatic heterocycles. The van der Waals surface area contributed by atoms with Crippen LogP contribution in [0, 0.1) is 0 Å². The third-order valence-corrected chi connectivity index (χ3v) is 4.26. The minimum Gasteiger partial charge on any atom is -0.289 e. The van der Waals surface area contributed by atoms with E-state index in [1.807, 2.05) is 36.4 Å². The summed E-state index contributed by atoms with van der Waals surface area (Å²) in [6.07, 6.45) is 9.26. The topological polar surface area (TPSA) is 17.1 Å². The zero-order chi connectivity index (χ0) is 15.9. The standard InChI is InChI=1S/C22H22O/c23-22-20(16-18-10-4-1-5-11-18)14-8-3-9-15-21(22)17-19-12-6-2-7-13-19/h1-2,4-7,10-13,16-17H,3,8-9,14-15H2. The van der Waals surface area contributed by atoms with Crippen LogP contribution in [0.25, 0.3) is 12.2 Å². The molecular formula is C22H22O. The summed E-state index contributed by atoms with van der Waals surface area (Å²) in [5.41, 5.74) is 4.10. The molecule has 2 aromatic rings. The average Bonchev–Trinajstić information content (AvgIpc) is 2.59. The average molecular weight is 302 g/mol. The maximum Gasteiger partial charge on any atom is 0.185 e. The van der Waals surface area contributed by atoms with Crippen LogP contribution in [0.5, 0.6) is 0 Å². The van der Waals surface area contributed by atoms with E-state index in [9.17, 15) is 4.79 Å². The molecule has 1 aliphatic carbocycles. The first-order valence-corrected chi connectivity index (χ1v) is 8.39. The highest BCUT2D eigenvalue weighted by atomic mass is 16.1. The molecule has 0 saturated heterocycles. The summed E-state index contributed by atoms with van der Waals surface area (Å²) in [7, 11) is 0. The summed E-state index contributed by atoms with van der Waals surface area (Å²) in [6.45, 7) is 0. The predicted molar refractivity (Wildman–Crippen MR) is 96.9 cm³/mol. The highest BCUT2D eigenvalue weighted by molar-refractivity contribution is 6.13. The number of rotatable bonds is 2. The van der Waals surface area contributed by atoms with Crippen LogP contribution in [0.2, 0.25) is 0 Å². The maximum absolute atomic E-state index is 13.0. The molecular weight excluding hydrogens is 280 g/mol. The molecule has 0 radical (unpaired) electrons. The highest BCUT2D eigenvalue weighted by Gasteiger charge is 2.17. The molecule has 1 fully saturated rings. The normalized spacial score (nSPS) is 19.6. The lowest BCUT2D eigenvalue weighted by molar-refractivity contribution is -0.112. The van der Waals surface area contributed by atoms with Gasteiger partial charge < -0.3 is 0 Å². The van der Waals surface area contributed by atoms with E-state index in [2.05, 4.69) is 36.4 Å². The molecule has 0 N–H and O–H groups in total. The number of carbonyl (C=O) groups is 1. The van der Waals surface area contributed by atoms with E-state index >= 15 is 0 Å². The maximum atomic E-state index is 13.0. The van der Waals surface area contributed by atoms with Gasteiger partial charge in [0, 0.05) is 11.1 Å². The Morgan fingerprint density at radius 2 is 1.04 bits per heavy atom. The molecule has 2 aromatic carbocycles. The van der Waals surface area contributed by atoms with Gasteiger partial charge in [0.15, 0.2) is 5.78 Å². The second kappa shape index (κ2) is 7.73. The molecule has 1 saturated carbocycles. The molecule has 0 spiro atoms. The minimum atomic E-state index is 0.220. The van der Waals surface area contributed by atoms with E-state index in [0.717, 1.165) is 48.0 Å². The largest absolute Gasteiger partial charge is 0.289 e. The molecule has 23 heavy (non-hydrogen) atoms. The Balaban J connectivity index is 1.92. The Bertz CT molecular complexity index is 647. The smallest absolute Gasteiger partial charge is 0.185 e. The van der Waals surface area contributed by atoms with Crippen molar-refractivity contribution in [2.75, 3.05) is 0 Å². The van der Waals surface area contributed by atoms with Crippen molar-refractivity contribution in [1.29, 1.82) is 0 Å². The summed E-state index contributed by atoms with van der Waals surface area (Å²) in [4.78, 5) is 13.0. The molecule has 0 aliphatic heterocycles. The van der Waals surface area contributed by atoms with Gasteiger partial charge in [0.1, 0.15) is 0 Å². The lowest BCUT2D eigenvalue weighted by atomic mass is 9.89. The summed E-state index contributed by atoms with van der Waals surface area (Å²) in [5.74, 6) is 0.220. The number of hydrogen-bond donors (Lipinski definition) is 0. The molecule has 1 aliphatic rings. The number of carbonyl (C=O) groups excluding carboxylic acids is 1. The van der Waals surface area contributed by atoms with Gasteiger partial charge in [-0.1, -0.05) is 67.1 Å². The minimum absolute atomic E-state index is 0.220. The van der Waals surface area contributed by atoms with Gasteiger partial charge in [-0.2, -0.15) is 0 Å². The second-order valence-electron chi connectivity index (χ2n) is 6.05. The SMILES string of the molecule is O=C1C(=Cc2ccccc2)CCCCCC1=Cc1ccccc1. The van der Waals surface area contributed by atoms with Crippen molar-refractivity contribution >= 4 is 17.9 Å². The molecule has 0 atom stereocenters. The summed E-state index contributed by atoms with van der Waals surface area (Å²) >= 11 is 0. The van der Waals surface area contributed by atoms with E-state index < -0.39 is 0 Å². The molecule has 116 valence electrons. The number of ketones is 1. The van der Waals surface area contributed by atoms with Gasteiger partial charge in [-0.15, -0.1) is 0 Å². The summed E-state index contributed by atoms with van der Waals surface area (Å²) < 4.78 is 0. The highest BCUT2D eigenvalue weighted by Crippen LogP contribution is 2.26. The van der Waals surface area contributed by atoms with Gasteiger partial charge in [0.2, 0.25) is 0 Å². The van der Waals surface area contributed by atoms with E-state index in [-0.39, 0.29) is 5.78 Å². The molecule has 0 heterocycles. The zero-order valence-electron chi connectivity index (χ0n) is 13.4. The monoisotopic (exact) mass is 302 g/mol. The van der Waals surface area contributed by atoms with Crippen molar-refractivity contribution in [3.8, 4) is 0 Å². The number of allylic oxidation sites excluding steroid dienone is 2. The van der Waals surface area contributed by atoms with Gasteiger partial charge in [-0.25, -0.2) is 0 Å². The van der Waals surface area contributed by atoms with Gasteiger partial charge >= 0.3 is 0 Å².